The zero-order valence-corrected chi connectivity index (χ0v) is 15.4. The molecule has 0 bridgehead atoms. The van der Waals surface area contributed by atoms with Crippen LogP contribution in [0.5, 0.6) is 0 Å². The monoisotopic (exact) mass is 397 g/mol. The van der Waals surface area contributed by atoms with Gasteiger partial charge in [-0.2, -0.15) is 0 Å². The molecule has 0 aliphatic carbocycles. The molecule has 2 heterocycles. The third-order valence-corrected chi connectivity index (χ3v) is 5.31. The van der Waals surface area contributed by atoms with E-state index in [1.165, 1.54) is 35.2 Å². The molecule has 0 fully saturated rings. The molecule has 2 aliphatic rings. The summed E-state index contributed by atoms with van der Waals surface area (Å²) < 4.78 is 13.5. The Kier molecular flexibility index (Phi) is 4.37. The third-order valence-electron chi connectivity index (χ3n) is 5.31. The van der Waals surface area contributed by atoms with Crippen molar-refractivity contribution in [2.45, 2.75) is 25.8 Å². The van der Waals surface area contributed by atoms with Gasteiger partial charge < -0.3 is 4.90 Å². The van der Waals surface area contributed by atoms with Gasteiger partial charge in [-0.1, -0.05) is 6.07 Å². The van der Waals surface area contributed by atoms with Gasteiger partial charge in [-0.3, -0.25) is 29.4 Å². The van der Waals surface area contributed by atoms with Gasteiger partial charge in [-0.25, -0.2) is 4.39 Å². The number of imide groups is 1. The number of rotatable bonds is 3. The van der Waals surface area contributed by atoms with Crippen LogP contribution < -0.4 is 4.90 Å². The Morgan fingerprint density at radius 2 is 2.00 bits per heavy atom. The Bertz CT molecular complexity index is 1080. The summed E-state index contributed by atoms with van der Waals surface area (Å²) in [7, 11) is 0. The van der Waals surface area contributed by atoms with Gasteiger partial charge in [0.05, 0.1) is 10.5 Å². The molecule has 8 nitrogen and oxygen atoms in total. The zero-order chi connectivity index (χ0) is 20.9. The first-order valence-electron chi connectivity index (χ1n) is 9.03. The lowest BCUT2D eigenvalue weighted by molar-refractivity contribution is -0.385. The number of nitro benzene ring substituents is 1. The number of hydrogen-bond acceptors (Lipinski definition) is 5. The van der Waals surface area contributed by atoms with E-state index < -0.39 is 40.7 Å². The predicted molar refractivity (Wildman–Crippen MR) is 100 cm³/mol. The summed E-state index contributed by atoms with van der Waals surface area (Å²) >= 11 is 0. The Balaban J connectivity index is 1.65. The summed E-state index contributed by atoms with van der Waals surface area (Å²) in [6.07, 6.45) is 1.22. The number of nitro groups is 1. The Hall–Kier alpha value is -3.62. The van der Waals surface area contributed by atoms with Crippen molar-refractivity contribution >= 4 is 29.1 Å². The highest BCUT2D eigenvalue weighted by atomic mass is 19.1. The minimum absolute atomic E-state index is 0.0915. The first-order valence-corrected chi connectivity index (χ1v) is 9.03. The quantitative estimate of drug-likeness (QED) is 0.450. The van der Waals surface area contributed by atoms with Crippen molar-refractivity contribution in [3.8, 4) is 0 Å². The smallest absolute Gasteiger partial charge is 0.282 e. The van der Waals surface area contributed by atoms with E-state index in [4.69, 9.17) is 0 Å². The second-order valence-corrected chi connectivity index (χ2v) is 7.08. The fraction of sp³-hybridized carbons (Fsp3) is 0.250. The molecular weight excluding hydrogens is 381 g/mol. The zero-order valence-electron chi connectivity index (χ0n) is 15.4. The fourth-order valence-corrected chi connectivity index (χ4v) is 3.92. The van der Waals surface area contributed by atoms with E-state index in [2.05, 4.69) is 0 Å². The summed E-state index contributed by atoms with van der Waals surface area (Å²) in [5.41, 5.74) is 0.353. The molecular formula is C20H16FN3O5. The molecule has 0 aromatic heterocycles. The van der Waals surface area contributed by atoms with Crippen LogP contribution in [0, 0.1) is 15.9 Å². The number of hydrogen-bond donors (Lipinski definition) is 0. The highest BCUT2D eigenvalue weighted by Crippen LogP contribution is 2.33. The summed E-state index contributed by atoms with van der Waals surface area (Å²) in [6.45, 7) is 1.28. The van der Waals surface area contributed by atoms with Gasteiger partial charge in [0.25, 0.3) is 17.5 Å². The SMILES string of the molecule is CC1CCc2cc(F)ccc2N1C(=O)CN1C(=O)c2cccc([N+](=O)[O-])c2C1=O. The number of carbonyl (C=O) groups is 3. The van der Waals surface area contributed by atoms with Crippen molar-refractivity contribution in [1.82, 2.24) is 4.90 Å². The van der Waals surface area contributed by atoms with Crippen molar-refractivity contribution in [2.24, 2.45) is 0 Å². The predicted octanol–water partition coefficient (Wildman–Crippen LogP) is 2.70. The minimum atomic E-state index is -0.866. The first kappa shape index (κ1) is 18.7. The van der Waals surface area contributed by atoms with Gasteiger partial charge >= 0.3 is 0 Å². The molecule has 1 atom stereocenters. The summed E-state index contributed by atoms with van der Waals surface area (Å²) in [4.78, 5) is 51.0. The van der Waals surface area contributed by atoms with Crippen LogP contribution in [0.15, 0.2) is 36.4 Å². The van der Waals surface area contributed by atoms with Crippen LogP contribution in [0.1, 0.15) is 39.6 Å². The Morgan fingerprint density at radius 3 is 2.72 bits per heavy atom. The molecule has 0 N–H and O–H groups in total. The third kappa shape index (κ3) is 2.95. The topological polar surface area (TPSA) is 101 Å². The Labute approximate surface area is 164 Å². The van der Waals surface area contributed by atoms with Gasteiger partial charge in [0, 0.05) is 17.8 Å². The number of fused-ring (bicyclic) bond motifs is 2. The number of amides is 3. The molecule has 3 amide bonds. The lowest BCUT2D eigenvalue weighted by Gasteiger charge is -2.36. The van der Waals surface area contributed by atoms with Crippen molar-refractivity contribution < 1.29 is 23.7 Å². The maximum Gasteiger partial charge on any atom is 0.282 e. The van der Waals surface area contributed by atoms with Crippen molar-refractivity contribution in [2.75, 3.05) is 11.4 Å². The van der Waals surface area contributed by atoms with Crippen molar-refractivity contribution in [3.63, 3.8) is 0 Å². The average molecular weight is 397 g/mol. The lowest BCUT2D eigenvalue weighted by Crippen LogP contribution is -2.48. The summed E-state index contributed by atoms with van der Waals surface area (Å²) in [5.74, 6) is -2.53. The van der Waals surface area contributed by atoms with Crippen LogP contribution in [0.4, 0.5) is 15.8 Å². The normalized spacial score (nSPS) is 17.9. The van der Waals surface area contributed by atoms with Crippen molar-refractivity contribution in [1.29, 1.82) is 0 Å². The number of anilines is 1. The second-order valence-electron chi connectivity index (χ2n) is 7.08. The first-order chi connectivity index (χ1) is 13.8. The van der Waals surface area contributed by atoms with E-state index in [1.54, 1.807) is 0 Å². The van der Waals surface area contributed by atoms with Crippen LogP contribution in [0.3, 0.4) is 0 Å². The van der Waals surface area contributed by atoms with Gasteiger partial charge in [0.2, 0.25) is 5.91 Å². The molecule has 29 heavy (non-hydrogen) atoms. The minimum Gasteiger partial charge on any atom is -0.308 e. The molecule has 2 aliphatic heterocycles. The van der Waals surface area contributed by atoms with Crippen LogP contribution >= 0.6 is 0 Å². The van der Waals surface area contributed by atoms with Gasteiger partial charge in [0.1, 0.15) is 17.9 Å². The van der Waals surface area contributed by atoms with Crippen molar-refractivity contribution in [3.05, 3.63) is 69.0 Å². The maximum absolute atomic E-state index is 13.5. The average Bonchev–Trinajstić information content (AvgIpc) is 2.92. The highest BCUT2D eigenvalue weighted by Gasteiger charge is 2.43. The van der Waals surface area contributed by atoms with Gasteiger partial charge in [-0.05, 0) is 49.6 Å². The largest absolute Gasteiger partial charge is 0.308 e. The van der Waals surface area contributed by atoms with E-state index in [9.17, 15) is 28.9 Å². The molecule has 0 spiro atoms. The molecule has 1 unspecified atom stereocenters. The molecule has 0 saturated carbocycles. The molecule has 4 rings (SSSR count). The Morgan fingerprint density at radius 1 is 1.24 bits per heavy atom. The van der Waals surface area contributed by atoms with E-state index >= 15 is 0 Å². The van der Waals surface area contributed by atoms with E-state index in [-0.39, 0.29) is 17.2 Å². The molecule has 2 aromatic carbocycles. The molecule has 148 valence electrons. The van der Waals surface area contributed by atoms with E-state index in [0.717, 1.165) is 11.0 Å². The number of halogens is 1. The number of carbonyl (C=O) groups excluding carboxylic acids is 3. The van der Waals surface area contributed by atoms with Gasteiger partial charge in [-0.15, -0.1) is 0 Å². The molecule has 0 radical (unpaired) electrons. The summed E-state index contributed by atoms with van der Waals surface area (Å²) in [6, 6.07) is 7.72. The number of benzene rings is 2. The molecule has 9 heteroatoms. The maximum atomic E-state index is 13.5. The van der Waals surface area contributed by atoms with E-state index in [0.29, 0.717) is 24.1 Å². The highest BCUT2D eigenvalue weighted by molar-refractivity contribution is 6.24. The second kappa shape index (κ2) is 6.77. The number of aryl methyl sites for hydroxylation is 1. The van der Waals surface area contributed by atoms with Gasteiger partial charge in [0.15, 0.2) is 0 Å². The number of nitrogens with zero attached hydrogens (tertiary/aromatic N) is 3. The van der Waals surface area contributed by atoms with Crippen LogP contribution in [-0.2, 0) is 11.2 Å². The van der Waals surface area contributed by atoms with E-state index in [1.807, 2.05) is 6.92 Å². The fourth-order valence-electron chi connectivity index (χ4n) is 3.92. The standard InChI is InChI=1S/C20H16FN3O5/c1-11-5-6-12-9-13(21)7-8-15(12)23(11)17(25)10-22-19(26)14-3-2-4-16(24(28)29)18(14)20(22)27/h2-4,7-9,11H,5-6,10H2,1H3. The van der Waals surface area contributed by atoms with Crippen LogP contribution in [0.25, 0.3) is 0 Å². The summed E-state index contributed by atoms with van der Waals surface area (Å²) in [5, 5.41) is 11.2. The molecule has 0 saturated heterocycles. The molecule has 2 aromatic rings. The van der Waals surface area contributed by atoms with Crippen LogP contribution in [0.2, 0.25) is 0 Å². The lowest BCUT2D eigenvalue weighted by atomic mass is 9.96. The van der Waals surface area contributed by atoms with Crippen LogP contribution in [-0.4, -0.2) is 40.1 Å².